The number of ether oxygens (including phenoxy) is 1. The van der Waals surface area contributed by atoms with Crippen LogP contribution in [-0.2, 0) is 31.9 Å². The minimum Gasteiger partial charge on any atom is -0.469 e. The van der Waals surface area contributed by atoms with E-state index in [0.29, 0.717) is 0 Å². The molecule has 0 fully saturated rings. The SMILES string of the molecule is COC(C)=O.[Au]. The maximum Gasteiger partial charge on any atom is 0.302 e. The molecule has 0 spiro atoms. The molecule has 41 valence electrons. The summed E-state index contributed by atoms with van der Waals surface area (Å²) >= 11 is 0. The zero-order valence-electron chi connectivity index (χ0n) is 3.62. The van der Waals surface area contributed by atoms with E-state index in [2.05, 4.69) is 4.74 Å². The Kier molecular flexibility index (Phi) is 8.26. The molecule has 3 heteroatoms. The van der Waals surface area contributed by atoms with Gasteiger partial charge in [0.05, 0.1) is 7.11 Å². The third-order valence-electron chi connectivity index (χ3n) is 0.287. The van der Waals surface area contributed by atoms with E-state index < -0.39 is 0 Å². The summed E-state index contributed by atoms with van der Waals surface area (Å²) < 4.78 is 4.11. The number of carbonyl (C=O) groups excluding carboxylic acids is 1. The standard InChI is InChI=1S/C3H6O2.Au/c1-3(4)5-2;/h1-2H3;. The normalized spacial score (nSPS) is 5.67. The van der Waals surface area contributed by atoms with Gasteiger partial charge in [-0.1, -0.05) is 0 Å². The van der Waals surface area contributed by atoms with Crippen LogP contribution in [-0.4, -0.2) is 13.1 Å². The second-order valence-electron chi connectivity index (χ2n) is 0.696. The summed E-state index contributed by atoms with van der Waals surface area (Å²) in [6.07, 6.45) is 0. The van der Waals surface area contributed by atoms with E-state index in [9.17, 15) is 4.79 Å². The van der Waals surface area contributed by atoms with Gasteiger partial charge in [-0.25, -0.2) is 0 Å². The second kappa shape index (κ2) is 5.21. The quantitative estimate of drug-likeness (QED) is 0.464. The van der Waals surface area contributed by atoms with Crippen molar-refractivity contribution in [2.75, 3.05) is 7.11 Å². The van der Waals surface area contributed by atoms with Crippen molar-refractivity contribution in [1.82, 2.24) is 0 Å². The van der Waals surface area contributed by atoms with E-state index in [1.54, 1.807) is 0 Å². The molecule has 0 saturated heterocycles. The van der Waals surface area contributed by atoms with Gasteiger partial charge in [-0.3, -0.25) is 4.79 Å². The summed E-state index contributed by atoms with van der Waals surface area (Å²) in [7, 11) is 1.35. The molecule has 0 heterocycles. The van der Waals surface area contributed by atoms with Crippen LogP contribution < -0.4 is 0 Å². The van der Waals surface area contributed by atoms with Crippen molar-refractivity contribution >= 4 is 5.97 Å². The van der Waals surface area contributed by atoms with Gasteiger partial charge in [0, 0.05) is 29.3 Å². The Morgan fingerprint density at radius 1 is 1.67 bits per heavy atom. The van der Waals surface area contributed by atoms with Gasteiger partial charge >= 0.3 is 5.97 Å². The van der Waals surface area contributed by atoms with Gasteiger partial charge in [-0.15, -0.1) is 0 Å². The van der Waals surface area contributed by atoms with Gasteiger partial charge < -0.3 is 4.74 Å². The van der Waals surface area contributed by atoms with E-state index in [1.807, 2.05) is 0 Å². The number of hydrogen-bond donors (Lipinski definition) is 0. The Balaban J connectivity index is 0. The largest absolute Gasteiger partial charge is 0.469 e. The number of methoxy groups -OCH3 is 1. The van der Waals surface area contributed by atoms with Crippen molar-refractivity contribution in [1.29, 1.82) is 0 Å². The van der Waals surface area contributed by atoms with Crippen LogP contribution in [0, 0.1) is 0 Å². The average Bonchev–Trinajstić information content (AvgIpc) is 1.38. The fourth-order valence-electron chi connectivity index (χ4n) is 0. The third kappa shape index (κ3) is 8.88. The topological polar surface area (TPSA) is 26.3 Å². The van der Waals surface area contributed by atoms with Crippen molar-refractivity contribution in [3.63, 3.8) is 0 Å². The first-order valence-electron chi connectivity index (χ1n) is 1.32. The number of esters is 1. The van der Waals surface area contributed by atoms with E-state index in [0.717, 1.165) is 0 Å². The summed E-state index contributed by atoms with van der Waals surface area (Å²) in [5.74, 6) is -0.245. The van der Waals surface area contributed by atoms with Crippen LogP contribution in [0.1, 0.15) is 6.92 Å². The van der Waals surface area contributed by atoms with E-state index in [1.165, 1.54) is 14.0 Å². The molecule has 1 radical (unpaired) electrons. The zero-order valence-corrected chi connectivity index (χ0v) is 5.78. The molecule has 2 nitrogen and oxygen atoms in total. The first kappa shape index (κ1) is 9.51. The van der Waals surface area contributed by atoms with Gasteiger partial charge in [0.2, 0.25) is 0 Å². The molecule has 0 aromatic heterocycles. The van der Waals surface area contributed by atoms with Crippen LogP contribution in [0.5, 0.6) is 0 Å². The molecule has 0 atom stereocenters. The summed E-state index contributed by atoms with van der Waals surface area (Å²) in [5.41, 5.74) is 0. The molecule has 0 unspecified atom stereocenters. The molecule has 0 amide bonds. The van der Waals surface area contributed by atoms with Crippen LogP contribution in [0.4, 0.5) is 0 Å². The Labute approximate surface area is 52.4 Å². The maximum absolute atomic E-state index is 9.59. The minimum atomic E-state index is -0.245. The summed E-state index contributed by atoms with van der Waals surface area (Å²) in [6, 6.07) is 0. The molecule has 0 saturated carbocycles. The Morgan fingerprint density at radius 2 is 1.83 bits per heavy atom. The smallest absolute Gasteiger partial charge is 0.302 e. The molecule has 0 bridgehead atoms. The third-order valence-corrected chi connectivity index (χ3v) is 0.287. The first-order valence-corrected chi connectivity index (χ1v) is 1.32. The minimum absolute atomic E-state index is 0. The van der Waals surface area contributed by atoms with Crippen molar-refractivity contribution in [2.45, 2.75) is 6.92 Å². The number of carbonyl (C=O) groups is 1. The molecule has 0 aliphatic carbocycles. The molecular formula is C3H6AuO2. The van der Waals surface area contributed by atoms with Crippen LogP contribution in [0.25, 0.3) is 0 Å². The van der Waals surface area contributed by atoms with Gasteiger partial charge in [0.25, 0.3) is 0 Å². The molecule has 0 N–H and O–H groups in total. The van der Waals surface area contributed by atoms with Gasteiger partial charge in [-0.05, 0) is 0 Å². The van der Waals surface area contributed by atoms with Crippen molar-refractivity contribution < 1.29 is 31.9 Å². The average molecular weight is 271 g/mol. The Bertz CT molecular complexity index is 44.1. The first-order chi connectivity index (χ1) is 2.27. The fraction of sp³-hybridized carbons (Fsp3) is 0.667. The van der Waals surface area contributed by atoms with Crippen molar-refractivity contribution in [3.8, 4) is 0 Å². The van der Waals surface area contributed by atoms with Crippen LogP contribution in [0.15, 0.2) is 0 Å². The Morgan fingerprint density at radius 3 is 1.83 bits per heavy atom. The molecule has 0 aliphatic heterocycles. The van der Waals surface area contributed by atoms with Gasteiger partial charge in [-0.2, -0.15) is 0 Å². The van der Waals surface area contributed by atoms with Crippen molar-refractivity contribution in [3.05, 3.63) is 0 Å². The predicted octanol–water partition coefficient (Wildman–Crippen LogP) is 0.177. The van der Waals surface area contributed by atoms with Crippen LogP contribution in [0.2, 0.25) is 0 Å². The van der Waals surface area contributed by atoms with Gasteiger partial charge in [0.1, 0.15) is 0 Å². The Hall–Kier alpha value is 0.210. The number of hydrogen-bond acceptors (Lipinski definition) is 2. The number of rotatable bonds is 0. The van der Waals surface area contributed by atoms with E-state index >= 15 is 0 Å². The molecule has 0 aromatic rings. The molecular weight excluding hydrogens is 265 g/mol. The van der Waals surface area contributed by atoms with Crippen LogP contribution in [0.3, 0.4) is 0 Å². The monoisotopic (exact) mass is 271 g/mol. The summed E-state index contributed by atoms with van der Waals surface area (Å²) in [4.78, 5) is 9.59. The second-order valence-corrected chi connectivity index (χ2v) is 0.696. The summed E-state index contributed by atoms with van der Waals surface area (Å²) in [5, 5.41) is 0. The molecule has 6 heavy (non-hydrogen) atoms. The predicted molar refractivity (Wildman–Crippen MR) is 17.7 cm³/mol. The molecule has 0 rings (SSSR count). The van der Waals surface area contributed by atoms with Crippen molar-refractivity contribution in [2.24, 2.45) is 0 Å². The van der Waals surface area contributed by atoms with E-state index in [-0.39, 0.29) is 28.3 Å². The fourth-order valence-corrected chi connectivity index (χ4v) is 0. The van der Waals surface area contributed by atoms with E-state index in [4.69, 9.17) is 0 Å². The molecule has 0 aromatic carbocycles. The van der Waals surface area contributed by atoms with Crippen LogP contribution >= 0.6 is 0 Å². The maximum atomic E-state index is 9.59. The zero-order chi connectivity index (χ0) is 4.28. The summed E-state index contributed by atoms with van der Waals surface area (Å²) in [6.45, 7) is 1.36. The molecule has 0 aliphatic rings. The van der Waals surface area contributed by atoms with Gasteiger partial charge in [0.15, 0.2) is 0 Å².